The second-order valence-corrected chi connectivity index (χ2v) is 4.82. The Balaban J connectivity index is 1.92. The van der Waals surface area contributed by atoms with Crippen LogP contribution >= 0.6 is 11.6 Å². The molecule has 0 amide bonds. The summed E-state index contributed by atoms with van der Waals surface area (Å²) in [6, 6.07) is 8.10. The summed E-state index contributed by atoms with van der Waals surface area (Å²) in [6.45, 7) is 0. The Kier molecular flexibility index (Phi) is 3.06. The van der Waals surface area contributed by atoms with Gasteiger partial charge in [-0.25, -0.2) is 9.97 Å². The van der Waals surface area contributed by atoms with E-state index in [1.807, 2.05) is 18.2 Å². The molecule has 0 saturated carbocycles. The number of aromatic nitrogens is 2. The Morgan fingerprint density at radius 2 is 2.16 bits per heavy atom. The zero-order valence-corrected chi connectivity index (χ0v) is 10.9. The van der Waals surface area contributed by atoms with Crippen LogP contribution in [0.15, 0.2) is 30.6 Å². The predicted octanol–water partition coefficient (Wildman–Crippen LogP) is 3.10. The SMILES string of the molecule is N#Cc1nccnc1NC1CCc2c(Cl)cccc21. The molecule has 1 atom stereocenters. The zero-order valence-electron chi connectivity index (χ0n) is 10.1. The molecule has 0 saturated heterocycles. The van der Waals surface area contributed by atoms with Crippen LogP contribution in [0.1, 0.15) is 29.3 Å². The third-order valence-electron chi connectivity index (χ3n) is 3.33. The number of hydrogen-bond donors (Lipinski definition) is 1. The molecule has 94 valence electrons. The van der Waals surface area contributed by atoms with Gasteiger partial charge in [0, 0.05) is 17.4 Å². The van der Waals surface area contributed by atoms with Crippen molar-refractivity contribution in [3.05, 3.63) is 52.4 Å². The van der Waals surface area contributed by atoms with Crippen molar-refractivity contribution < 1.29 is 0 Å². The molecule has 0 bridgehead atoms. The number of hydrogen-bond acceptors (Lipinski definition) is 4. The number of halogens is 1. The first kappa shape index (κ1) is 11.9. The first-order valence-corrected chi connectivity index (χ1v) is 6.42. The molecule has 2 aromatic rings. The molecule has 4 nitrogen and oxygen atoms in total. The number of nitriles is 1. The second kappa shape index (κ2) is 4.87. The van der Waals surface area contributed by atoms with Gasteiger partial charge >= 0.3 is 0 Å². The molecule has 1 unspecified atom stereocenters. The molecule has 3 rings (SSSR count). The van der Waals surface area contributed by atoms with Gasteiger partial charge in [0.15, 0.2) is 11.5 Å². The van der Waals surface area contributed by atoms with Crippen molar-refractivity contribution in [2.45, 2.75) is 18.9 Å². The zero-order chi connectivity index (χ0) is 13.2. The molecule has 1 aromatic carbocycles. The molecule has 5 heteroatoms. The standard InChI is InChI=1S/C14H11ClN4/c15-11-3-1-2-10-9(11)4-5-12(10)19-14-13(8-16)17-6-7-18-14/h1-3,6-7,12H,4-5H2,(H,18,19). The number of benzene rings is 1. The minimum Gasteiger partial charge on any atom is -0.361 e. The molecule has 0 aliphatic heterocycles. The van der Waals surface area contributed by atoms with Gasteiger partial charge in [0.25, 0.3) is 0 Å². The van der Waals surface area contributed by atoms with Crippen LogP contribution in [0.3, 0.4) is 0 Å². The van der Waals surface area contributed by atoms with Crippen LogP contribution in [-0.4, -0.2) is 9.97 Å². The highest BCUT2D eigenvalue weighted by Gasteiger charge is 2.25. The fourth-order valence-corrected chi connectivity index (χ4v) is 2.73. The van der Waals surface area contributed by atoms with Crippen molar-refractivity contribution in [3.63, 3.8) is 0 Å². The number of rotatable bonds is 2. The molecular weight excluding hydrogens is 260 g/mol. The van der Waals surface area contributed by atoms with Crippen LogP contribution in [0.25, 0.3) is 0 Å². The average molecular weight is 271 g/mol. The van der Waals surface area contributed by atoms with Gasteiger partial charge in [-0.15, -0.1) is 0 Å². The summed E-state index contributed by atoms with van der Waals surface area (Å²) in [5.41, 5.74) is 2.68. The van der Waals surface area contributed by atoms with E-state index in [9.17, 15) is 0 Å². The van der Waals surface area contributed by atoms with Gasteiger partial charge in [-0.2, -0.15) is 5.26 Å². The van der Waals surface area contributed by atoms with Crippen LogP contribution in [0.2, 0.25) is 5.02 Å². The molecular formula is C14H11ClN4. The summed E-state index contributed by atoms with van der Waals surface area (Å²) in [7, 11) is 0. The third-order valence-corrected chi connectivity index (χ3v) is 3.68. The van der Waals surface area contributed by atoms with E-state index in [2.05, 4.69) is 21.4 Å². The minimum atomic E-state index is 0.137. The van der Waals surface area contributed by atoms with E-state index in [0.717, 1.165) is 17.9 Å². The largest absolute Gasteiger partial charge is 0.361 e. The summed E-state index contributed by atoms with van der Waals surface area (Å²) in [5.74, 6) is 0.530. The Morgan fingerprint density at radius 1 is 1.32 bits per heavy atom. The minimum absolute atomic E-state index is 0.137. The lowest BCUT2D eigenvalue weighted by molar-refractivity contribution is 0.755. The maximum Gasteiger partial charge on any atom is 0.182 e. The Hall–Kier alpha value is -2.12. The van der Waals surface area contributed by atoms with E-state index in [0.29, 0.717) is 11.5 Å². The van der Waals surface area contributed by atoms with Gasteiger partial charge in [-0.3, -0.25) is 0 Å². The maximum absolute atomic E-state index is 9.02. The maximum atomic E-state index is 9.02. The van der Waals surface area contributed by atoms with Gasteiger partial charge in [0.2, 0.25) is 0 Å². The number of fused-ring (bicyclic) bond motifs is 1. The van der Waals surface area contributed by atoms with E-state index in [4.69, 9.17) is 16.9 Å². The number of nitrogens with one attached hydrogen (secondary N) is 1. The van der Waals surface area contributed by atoms with Crippen molar-refractivity contribution in [2.24, 2.45) is 0 Å². The van der Waals surface area contributed by atoms with Gasteiger partial charge in [-0.1, -0.05) is 23.7 Å². The third kappa shape index (κ3) is 2.13. The first-order valence-electron chi connectivity index (χ1n) is 6.04. The second-order valence-electron chi connectivity index (χ2n) is 4.41. The van der Waals surface area contributed by atoms with E-state index in [1.165, 1.54) is 17.3 Å². The summed E-state index contributed by atoms with van der Waals surface area (Å²) >= 11 is 6.19. The summed E-state index contributed by atoms with van der Waals surface area (Å²) < 4.78 is 0. The van der Waals surface area contributed by atoms with Gasteiger partial charge in [0.05, 0.1) is 6.04 Å². The average Bonchev–Trinajstić information content (AvgIpc) is 2.84. The van der Waals surface area contributed by atoms with Crippen molar-refractivity contribution in [1.82, 2.24) is 9.97 Å². The molecule has 1 aliphatic carbocycles. The summed E-state index contributed by atoms with van der Waals surface area (Å²) in [4.78, 5) is 8.18. The van der Waals surface area contributed by atoms with Gasteiger partial charge in [0.1, 0.15) is 6.07 Å². The van der Waals surface area contributed by atoms with Crippen LogP contribution < -0.4 is 5.32 Å². The molecule has 0 radical (unpaired) electrons. The van der Waals surface area contributed by atoms with Crippen molar-refractivity contribution >= 4 is 17.4 Å². The molecule has 1 N–H and O–H groups in total. The first-order chi connectivity index (χ1) is 9.29. The highest BCUT2D eigenvalue weighted by atomic mass is 35.5. The van der Waals surface area contributed by atoms with Crippen LogP contribution in [0.5, 0.6) is 0 Å². The highest BCUT2D eigenvalue weighted by molar-refractivity contribution is 6.31. The fraction of sp³-hybridized carbons (Fsp3) is 0.214. The molecule has 0 fully saturated rings. The van der Waals surface area contributed by atoms with E-state index < -0.39 is 0 Å². The predicted molar refractivity (Wildman–Crippen MR) is 72.9 cm³/mol. The topological polar surface area (TPSA) is 61.6 Å². The van der Waals surface area contributed by atoms with Crippen molar-refractivity contribution in [1.29, 1.82) is 5.26 Å². The molecule has 0 spiro atoms. The monoisotopic (exact) mass is 270 g/mol. The van der Waals surface area contributed by atoms with Crippen LogP contribution in [0.4, 0.5) is 5.82 Å². The quantitative estimate of drug-likeness (QED) is 0.911. The summed E-state index contributed by atoms with van der Waals surface area (Å²) in [6.07, 6.45) is 4.98. The lowest BCUT2D eigenvalue weighted by Gasteiger charge is -2.15. The Morgan fingerprint density at radius 3 is 3.00 bits per heavy atom. The number of nitrogens with zero attached hydrogens (tertiary/aromatic N) is 3. The Labute approximate surface area is 116 Å². The molecule has 1 aliphatic rings. The lowest BCUT2D eigenvalue weighted by atomic mass is 10.1. The Bertz CT molecular complexity index is 663. The normalized spacial score (nSPS) is 16.7. The lowest BCUT2D eigenvalue weighted by Crippen LogP contribution is -2.10. The van der Waals surface area contributed by atoms with E-state index >= 15 is 0 Å². The molecule has 1 heterocycles. The molecule has 1 aromatic heterocycles. The number of anilines is 1. The molecule has 19 heavy (non-hydrogen) atoms. The van der Waals surface area contributed by atoms with Gasteiger partial charge < -0.3 is 5.32 Å². The fourth-order valence-electron chi connectivity index (χ4n) is 2.45. The van der Waals surface area contributed by atoms with Crippen LogP contribution in [0, 0.1) is 11.3 Å². The van der Waals surface area contributed by atoms with Crippen molar-refractivity contribution in [3.8, 4) is 6.07 Å². The van der Waals surface area contributed by atoms with Gasteiger partial charge in [-0.05, 0) is 30.0 Å². The smallest absolute Gasteiger partial charge is 0.182 e. The van der Waals surface area contributed by atoms with E-state index in [1.54, 1.807) is 6.20 Å². The van der Waals surface area contributed by atoms with E-state index in [-0.39, 0.29) is 6.04 Å². The summed E-state index contributed by atoms with van der Waals surface area (Å²) in [5, 5.41) is 13.1. The van der Waals surface area contributed by atoms with Crippen LogP contribution in [-0.2, 0) is 6.42 Å². The highest BCUT2D eigenvalue weighted by Crippen LogP contribution is 2.37. The van der Waals surface area contributed by atoms with Crippen molar-refractivity contribution in [2.75, 3.05) is 5.32 Å².